The van der Waals surface area contributed by atoms with Crippen LogP contribution in [0.1, 0.15) is 44.9 Å². The minimum absolute atomic E-state index is 0.172. The number of nitrogens with zero attached hydrogens (tertiary/aromatic N) is 2. The molecule has 0 fully saturated rings. The van der Waals surface area contributed by atoms with Crippen LogP contribution in [0, 0.1) is 5.82 Å². The lowest BCUT2D eigenvalue weighted by Crippen LogP contribution is -2.14. The van der Waals surface area contributed by atoms with Crippen LogP contribution >= 0.6 is 0 Å². The normalized spacial score (nSPS) is 11.9. The maximum atomic E-state index is 14.4. The molecule has 20 heavy (non-hydrogen) atoms. The Morgan fingerprint density at radius 3 is 2.15 bits per heavy atom. The molecule has 0 saturated carbocycles. The van der Waals surface area contributed by atoms with E-state index in [4.69, 9.17) is 0 Å². The largest absolute Gasteiger partial charge is 0.239 e. The van der Waals surface area contributed by atoms with Crippen LogP contribution < -0.4 is 0 Å². The summed E-state index contributed by atoms with van der Waals surface area (Å²) >= 11 is 0. The molecule has 106 valence electrons. The molecule has 0 unspecified atom stereocenters. The molecule has 0 aliphatic rings. The van der Waals surface area contributed by atoms with E-state index in [0.29, 0.717) is 16.8 Å². The van der Waals surface area contributed by atoms with Crippen molar-refractivity contribution in [2.45, 2.75) is 39.3 Å². The van der Waals surface area contributed by atoms with E-state index in [1.807, 2.05) is 13.8 Å². The van der Waals surface area contributed by atoms with Gasteiger partial charge in [0.25, 0.3) is 0 Å². The maximum Gasteiger partial charge on any atom is 0.132 e. The number of alkyl halides is 1. The van der Waals surface area contributed by atoms with Crippen molar-refractivity contribution < 1.29 is 8.78 Å². The van der Waals surface area contributed by atoms with E-state index < -0.39 is 5.67 Å². The van der Waals surface area contributed by atoms with Crippen LogP contribution in [-0.2, 0) is 5.67 Å². The molecule has 2 nitrogen and oxygen atoms in total. The third-order valence-corrected chi connectivity index (χ3v) is 3.16. The summed E-state index contributed by atoms with van der Waals surface area (Å²) in [7, 11) is 0. The number of rotatable bonds is 3. The summed E-state index contributed by atoms with van der Waals surface area (Å²) in [6.45, 7) is 6.94. The molecule has 0 bridgehead atoms. The average molecular weight is 276 g/mol. The van der Waals surface area contributed by atoms with Crippen molar-refractivity contribution in [2.75, 3.05) is 0 Å². The molecule has 2 aromatic rings. The number of halogens is 2. The summed E-state index contributed by atoms with van der Waals surface area (Å²) in [5, 5.41) is 8.29. The van der Waals surface area contributed by atoms with Crippen LogP contribution in [0.25, 0.3) is 11.3 Å². The highest BCUT2D eigenvalue weighted by Gasteiger charge is 2.25. The zero-order valence-corrected chi connectivity index (χ0v) is 12.1. The Labute approximate surface area is 117 Å². The second-order valence-corrected chi connectivity index (χ2v) is 5.67. The van der Waals surface area contributed by atoms with Crippen LogP contribution in [0.3, 0.4) is 0 Å². The number of aromatic nitrogens is 2. The van der Waals surface area contributed by atoms with Gasteiger partial charge in [-0.15, -0.1) is 5.10 Å². The first-order valence-electron chi connectivity index (χ1n) is 6.62. The van der Waals surface area contributed by atoms with E-state index in [1.54, 1.807) is 18.2 Å². The molecule has 2 rings (SSSR count). The van der Waals surface area contributed by atoms with Crippen LogP contribution in [0.2, 0.25) is 0 Å². The van der Waals surface area contributed by atoms with Crippen molar-refractivity contribution in [1.29, 1.82) is 0 Å². The van der Waals surface area contributed by atoms with Gasteiger partial charge in [-0.25, -0.2) is 8.78 Å². The van der Waals surface area contributed by atoms with Gasteiger partial charge in [0.05, 0.1) is 11.4 Å². The summed E-state index contributed by atoms with van der Waals surface area (Å²) in [6, 6.07) is 7.59. The lowest BCUT2D eigenvalue weighted by atomic mass is 9.93. The molecule has 0 saturated heterocycles. The van der Waals surface area contributed by atoms with Crippen molar-refractivity contribution in [2.24, 2.45) is 0 Å². The minimum Gasteiger partial charge on any atom is -0.239 e. The molecule has 1 aromatic carbocycles. The molecule has 0 radical (unpaired) electrons. The summed E-state index contributed by atoms with van der Waals surface area (Å²) in [4.78, 5) is 0. The minimum atomic E-state index is -1.54. The predicted molar refractivity (Wildman–Crippen MR) is 75.6 cm³/mol. The van der Waals surface area contributed by atoms with E-state index in [1.165, 1.54) is 26.0 Å². The van der Waals surface area contributed by atoms with Crippen molar-refractivity contribution in [3.05, 3.63) is 47.4 Å². The molecule has 0 aliphatic carbocycles. The molecule has 1 aromatic heterocycles. The summed E-state index contributed by atoms with van der Waals surface area (Å²) in [5.74, 6) is -0.160. The number of hydrogen-bond donors (Lipinski definition) is 0. The summed E-state index contributed by atoms with van der Waals surface area (Å²) < 4.78 is 27.4. The third-order valence-electron chi connectivity index (χ3n) is 3.16. The predicted octanol–water partition coefficient (Wildman–Crippen LogP) is 4.61. The van der Waals surface area contributed by atoms with Gasteiger partial charge in [-0.3, -0.25) is 0 Å². The van der Waals surface area contributed by atoms with Crippen molar-refractivity contribution in [1.82, 2.24) is 10.2 Å². The standard InChI is InChI=1S/C16H18F2N2/c1-10(2)14-9-13(16(3,4)18)15(20-19-14)11-5-7-12(17)8-6-11/h5-10H,1-4H3. The Hall–Kier alpha value is -1.84. The Kier molecular flexibility index (Phi) is 3.84. The first kappa shape index (κ1) is 14.6. The molecule has 0 amide bonds. The molecule has 4 heteroatoms. The van der Waals surface area contributed by atoms with E-state index in [9.17, 15) is 8.78 Å². The van der Waals surface area contributed by atoms with Gasteiger partial charge in [0.1, 0.15) is 11.5 Å². The Morgan fingerprint density at radius 1 is 1.05 bits per heavy atom. The fraction of sp³-hybridized carbons (Fsp3) is 0.375. The second-order valence-electron chi connectivity index (χ2n) is 5.67. The Morgan fingerprint density at radius 2 is 1.65 bits per heavy atom. The molecule has 0 N–H and O–H groups in total. The lowest BCUT2D eigenvalue weighted by molar-refractivity contribution is 0.221. The quantitative estimate of drug-likeness (QED) is 0.818. The van der Waals surface area contributed by atoms with Gasteiger partial charge in [0.15, 0.2) is 0 Å². The molecular weight excluding hydrogens is 258 g/mol. The first-order valence-corrected chi connectivity index (χ1v) is 6.62. The van der Waals surface area contributed by atoms with E-state index in [-0.39, 0.29) is 11.7 Å². The highest BCUT2D eigenvalue weighted by molar-refractivity contribution is 5.63. The fourth-order valence-corrected chi connectivity index (χ4v) is 1.96. The van der Waals surface area contributed by atoms with Gasteiger partial charge < -0.3 is 0 Å². The maximum absolute atomic E-state index is 14.4. The van der Waals surface area contributed by atoms with E-state index in [0.717, 1.165) is 5.69 Å². The first-order chi connectivity index (χ1) is 9.29. The molecular formula is C16H18F2N2. The highest BCUT2D eigenvalue weighted by Crippen LogP contribution is 2.33. The Bertz CT molecular complexity index is 599. The van der Waals surface area contributed by atoms with Crippen LogP contribution in [0.5, 0.6) is 0 Å². The van der Waals surface area contributed by atoms with Crippen molar-refractivity contribution in [3.8, 4) is 11.3 Å². The average Bonchev–Trinajstić information content (AvgIpc) is 2.38. The molecule has 1 heterocycles. The van der Waals surface area contributed by atoms with Gasteiger partial charge in [-0.2, -0.15) is 5.10 Å². The van der Waals surface area contributed by atoms with Gasteiger partial charge in [0.2, 0.25) is 0 Å². The highest BCUT2D eigenvalue weighted by atomic mass is 19.1. The van der Waals surface area contributed by atoms with Gasteiger partial charge >= 0.3 is 0 Å². The monoisotopic (exact) mass is 276 g/mol. The number of benzene rings is 1. The lowest BCUT2D eigenvalue weighted by Gasteiger charge is -2.19. The zero-order valence-electron chi connectivity index (χ0n) is 12.1. The SMILES string of the molecule is CC(C)c1cc(C(C)(C)F)c(-c2ccc(F)cc2)nn1. The van der Waals surface area contributed by atoms with E-state index in [2.05, 4.69) is 10.2 Å². The molecule has 0 atom stereocenters. The van der Waals surface area contributed by atoms with Crippen molar-refractivity contribution in [3.63, 3.8) is 0 Å². The summed E-state index contributed by atoms with van der Waals surface area (Å²) in [6.07, 6.45) is 0. The molecule has 0 aliphatic heterocycles. The molecule has 0 spiro atoms. The number of hydrogen-bond acceptors (Lipinski definition) is 2. The second kappa shape index (κ2) is 5.27. The Balaban J connectivity index is 2.60. The third kappa shape index (κ3) is 3.00. The topological polar surface area (TPSA) is 25.8 Å². The van der Waals surface area contributed by atoms with Gasteiger partial charge in [-0.05, 0) is 50.1 Å². The van der Waals surface area contributed by atoms with Crippen LogP contribution in [0.4, 0.5) is 8.78 Å². The summed E-state index contributed by atoms with van der Waals surface area (Å²) in [5.41, 5.74) is 0.805. The zero-order chi connectivity index (χ0) is 14.9. The van der Waals surface area contributed by atoms with Gasteiger partial charge in [-0.1, -0.05) is 13.8 Å². The van der Waals surface area contributed by atoms with Gasteiger partial charge in [0, 0.05) is 11.1 Å². The van der Waals surface area contributed by atoms with Crippen molar-refractivity contribution >= 4 is 0 Å². The van der Waals surface area contributed by atoms with Crippen LogP contribution in [0.15, 0.2) is 30.3 Å². The fourth-order valence-electron chi connectivity index (χ4n) is 1.96. The smallest absolute Gasteiger partial charge is 0.132 e. The van der Waals surface area contributed by atoms with Crippen LogP contribution in [-0.4, -0.2) is 10.2 Å². The van der Waals surface area contributed by atoms with E-state index >= 15 is 0 Å².